The largest absolute Gasteiger partial charge is 0.368 e. The van der Waals surface area contributed by atoms with Crippen molar-refractivity contribution in [3.05, 3.63) is 71.9 Å². The first-order valence-corrected chi connectivity index (χ1v) is 10.7. The molecule has 5 rings (SSSR count). The number of hydrogen-bond donors (Lipinski definition) is 0. The van der Waals surface area contributed by atoms with Gasteiger partial charge < -0.3 is 14.3 Å². The first kappa shape index (κ1) is 19.5. The zero-order valence-corrected chi connectivity index (χ0v) is 17.6. The van der Waals surface area contributed by atoms with E-state index in [1.807, 2.05) is 65.6 Å². The molecule has 1 aliphatic heterocycles. The molecule has 1 aromatic heterocycles. The van der Waals surface area contributed by atoms with Crippen LogP contribution in [0.15, 0.2) is 65.2 Å². The second kappa shape index (κ2) is 7.69. The van der Waals surface area contributed by atoms with E-state index < -0.39 is 5.41 Å². The average molecular weight is 415 g/mol. The minimum Gasteiger partial charge on any atom is -0.368 e. The zero-order valence-electron chi connectivity index (χ0n) is 17.6. The molecule has 1 saturated heterocycles. The topological polar surface area (TPSA) is 66.7 Å². The number of nitrogens with zero attached hydrogens (tertiary/aromatic N) is 3. The molecule has 2 aromatic carbocycles. The van der Waals surface area contributed by atoms with Crippen LogP contribution in [-0.2, 0) is 10.2 Å². The normalized spacial score (nSPS) is 17.5. The van der Waals surface area contributed by atoms with Gasteiger partial charge in [-0.3, -0.25) is 9.59 Å². The van der Waals surface area contributed by atoms with E-state index in [0.29, 0.717) is 18.8 Å². The number of amides is 1. The fourth-order valence-corrected chi connectivity index (χ4v) is 4.32. The van der Waals surface area contributed by atoms with Crippen LogP contribution >= 0.6 is 0 Å². The van der Waals surface area contributed by atoms with Gasteiger partial charge in [-0.2, -0.15) is 0 Å². The molecule has 0 bridgehead atoms. The van der Waals surface area contributed by atoms with Gasteiger partial charge >= 0.3 is 0 Å². The van der Waals surface area contributed by atoms with Gasteiger partial charge in [0.1, 0.15) is 0 Å². The summed E-state index contributed by atoms with van der Waals surface area (Å²) in [6, 6.07) is 19.5. The predicted molar refractivity (Wildman–Crippen MR) is 118 cm³/mol. The first-order chi connectivity index (χ1) is 15.1. The summed E-state index contributed by atoms with van der Waals surface area (Å²) in [4.78, 5) is 29.1. The highest BCUT2D eigenvalue weighted by Gasteiger charge is 2.55. The lowest BCUT2D eigenvalue weighted by Gasteiger charge is -2.37. The summed E-state index contributed by atoms with van der Waals surface area (Å²) in [5, 5.41) is 4.27. The summed E-state index contributed by atoms with van der Waals surface area (Å²) in [6.45, 7) is 4.48. The molecule has 3 aromatic rings. The standard InChI is InChI=1S/C25H25N3O3/c1-18(29)19-7-9-21(10-8-19)27-13-15-28(16-14-27)24(30)25(11-12-25)23-17-22(31-26-23)20-5-3-2-4-6-20/h2-10,17H,11-16H2,1H3. The Kier molecular flexibility index (Phi) is 4.85. The molecule has 0 radical (unpaired) electrons. The predicted octanol–water partition coefficient (Wildman–Crippen LogP) is 3.92. The quantitative estimate of drug-likeness (QED) is 0.591. The van der Waals surface area contributed by atoms with Crippen molar-refractivity contribution < 1.29 is 14.1 Å². The lowest BCUT2D eigenvalue weighted by molar-refractivity contribution is -0.134. The van der Waals surface area contributed by atoms with Crippen molar-refractivity contribution in [3.63, 3.8) is 0 Å². The van der Waals surface area contributed by atoms with Gasteiger partial charge in [-0.15, -0.1) is 0 Å². The second-order valence-electron chi connectivity index (χ2n) is 8.41. The summed E-state index contributed by atoms with van der Waals surface area (Å²) in [7, 11) is 0. The molecule has 1 aliphatic carbocycles. The van der Waals surface area contributed by atoms with Crippen LogP contribution in [0.2, 0.25) is 0 Å². The van der Waals surface area contributed by atoms with Crippen molar-refractivity contribution in [1.29, 1.82) is 0 Å². The Balaban J connectivity index is 1.25. The van der Waals surface area contributed by atoms with Crippen LogP contribution in [0.25, 0.3) is 11.3 Å². The molecule has 0 unspecified atom stereocenters. The Labute approximate surface area is 181 Å². The van der Waals surface area contributed by atoms with E-state index in [9.17, 15) is 9.59 Å². The third-order valence-electron chi connectivity index (χ3n) is 6.42. The molecular weight excluding hydrogens is 390 g/mol. The Morgan fingerprint density at radius 2 is 1.61 bits per heavy atom. The van der Waals surface area contributed by atoms with Crippen molar-refractivity contribution in [2.75, 3.05) is 31.1 Å². The first-order valence-electron chi connectivity index (χ1n) is 10.7. The van der Waals surface area contributed by atoms with Crippen LogP contribution in [0, 0.1) is 0 Å². The van der Waals surface area contributed by atoms with Crippen LogP contribution in [-0.4, -0.2) is 47.9 Å². The van der Waals surface area contributed by atoms with Gasteiger partial charge in [0.15, 0.2) is 11.5 Å². The summed E-state index contributed by atoms with van der Waals surface area (Å²) in [5.41, 5.74) is 2.99. The van der Waals surface area contributed by atoms with Crippen LogP contribution in [0.4, 0.5) is 5.69 Å². The number of benzene rings is 2. The van der Waals surface area contributed by atoms with Crippen molar-refractivity contribution in [3.8, 4) is 11.3 Å². The van der Waals surface area contributed by atoms with E-state index >= 15 is 0 Å². The third kappa shape index (κ3) is 3.63. The van der Waals surface area contributed by atoms with Gasteiger partial charge in [0.05, 0.1) is 11.1 Å². The highest BCUT2D eigenvalue weighted by molar-refractivity contribution is 5.94. The molecule has 0 N–H and O–H groups in total. The Morgan fingerprint density at radius 1 is 0.935 bits per heavy atom. The van der Waals surface area contributed by atoms with Crippen molar-refractivity contribution in [2.45, 2.75) is 25.2 Å². The zero-order chi connectivity index (χ0) is 21.4. The van der Waals surface area contributed by atoms with Crippen LogP contribution in [0.3, 0.4) is 0 Å². The Morgan fingerprint density at radius 3 is 2.23 bits per heavy atom. The summed E-state index contributed by atoms with van der Waals surface area (Å²) < 4.78 is 5.56. The number of Topliss-reactive ketones (excluding diaryl/α,β-unsaturated/α-hetero) is 1. The molecule has 6 heteroatoms. The SMILES string of the molecule is CC(=O)c1ccc(N2CCN(C(=O)C3(c4cc(-c5ccccc5)on4)CC3)CC2)cc1. The summed E-state index contributed by atoms with van der Waals surface area (Å²) in [6.07, 6.45) is 1.64. The molecule has 2 heterocycles. The highest BCUT2D eigenvalue weighted by Crippen LogP contribution is 2.50. The molecule has 1 amide bonds. The van der Waals surface area contributed by atoms with Crippen LogP contribution in [0.5, 0.6) is 0 Å². The van der Waals surface area contributed by atoms with Crippen molar-refractivity contribution in [1.82, 2.24) is 10.1 Å². The van der Waals surface area contributed by atoms with E-state index in [4.69, 9.17) is 4.52 Å². The maximum Gasteiger partial charge on any atom is 0.235 e. The maximum absolute atomic E-state index is 13.4. The summed E-state index contributed by atoms with van der Waals surface area (Å²) in [5.74, 6) is 0.931. The Bertz CT molecular complexity index is 1090. The molecule has 0 spiro atoms. The second-order valence-corrected chi connectivity index (χ2v) is 8.41. The van der Waals surface area contributed by atoms with E-state index in [1.54, 1.807) is 6.92 Å². The van der Waals surface area contributed by atoms with E-state index in [-0.39, 0.29) is 11.7 Å². The minimum atomic E-state index is -0.526. The van der Waals surface area contributed by atoms with Crippen molar-refractivity contribution in [2.24, 2.45) is 0 Å². The van der Waals surface area contributed by atoms with Gasteiger partial charge in [-0.25, -0.2) is 0 Å². The van der Waals surface area contributed by atoms with Gasteiger partial charge in [0.25, 0.3) is 0 Å². The minimum absolute atomic E-state index is 0.0694. The van der Waals surface area contributed by atoms with Crippen LogP contribution in [0.1, 0.15) is 35.8 Å². The van der Waals surface area contributed by atoms with Crippen molar-refractivity contribution >= 4 is 17.4 Å². The average Bonchev–Trinajstić information content (AvgIpc) is 3.48. The fourth-order valence-electron chi connectivity index (χ4n) is 4.32. The highest BCUT2D eigenvalue weighted by atomic mass is 16.5. The lowest BCUT2D eigenvalue weighted by Crippen LogP contribution is -2.51. The Hall–Kier alpha value is -3.41. The lowest BCUT2D eigenvalue weighted by atomic mass is 9.99. The van der Waals surface area contributed by atoms with E-state index in [0.717, 1.165) is 48.4 Å². The van der Waals surface area contributed by atoms with Gasteiger partial charge in [0, 0.05) is 49.1 Å². The number of aromatic nitrogens is 1. The monoisotopic (exact) mass is 415 g/mol. The molecule has 158 valence electrons. The van der Waals surface area contributed by atoms with E-state index in [1.165, 1.54) is 0 Å². The number of anilines is 1. The molecule has 2 aliphatic rings. The molecule has 0 atom stereocenters. The van der Waals surface area contributed by atoms with Gasteiger partial charge in [-0.1, -0.05) is 35.5 Å². The molecular formula is C25H25N3O3. The molecule has 1 saturated carbocycles. The number of ketones is 1. The smallest absolute Gasteiger partial charge is 0.235 e. The number of piperazine rings is 1. The third-order valence-corrected chi connectivity index (χ3v) is 6.42. The number of carbonyl (C=O) groups excluding carboxylic acids is 2. The number of carbonyl (C=O) groups is 2. The van der Waals surface area contributed by atoms with Crippen LogP contribution < -0.4 is 4.90 Å². The van der Waals surface area contributed by atoms with Gasteiger partial charge in [-0.05, 0) is 44.0 Å². The fraction of sp³-hybridized carbons (Fsp3) is 0.320. The molecule has 2 fully saturated rings. The van der Waals surface area contributed by atoms with Gasteiger partial charge in [0.2, 0.25) is 5.91 Å². The summed E-state index contributed by atoms with van der Waals surface area (Å²) >= 11 is 0. The maximum atomic E-state index is 13.4. The van der Waals surface area contributed by atoms with E-state index in [2.05, 4.69) is 10.1 Å². The number of hydrogen-bond acceptors (Lipinski definition) is 5. The molecule has 31 heavy (non-hydrogen) atoms. The number of rotatable bonds is 5. The molecule has 6 nitrogen and oxygen atoms in total.